The van der Waals surface area contributed by atoms with Crippen molar-refractivity contribution >= 4 is 27.0 Å². The number of hydrogen-bond acceptors (Lipinski definition) is 2. The Morgan fingerprint density at radius 1 is 1.44 bits per heavy atom. The van der Waals surface area contributed by atoms with Crippen LogP contribution in [-0.2, 0) is 0 Å². The molecule has 2 N–H and O–H groups in total. The fourth-order valence-corrected chi connectivity index (χ4v) is 2.77. The SMILES string of the molecule is CC1NCCC1c1nc2ccc(Br)cc2[nH]1. The predicted octanol–water partition coefficient (Wildman–Crippen LogP) is 2.79. The Balaban J connectivity index is 2.04. The summed E-state index contributed by atoms with van der Waals surface area (Å²) in [4.78, 5) is 8.10. The van der Waals surface area contributed by atoms with Crippen molar-refractivity contribution in [3.63, 3.8) is 0 Å². The second kappa shape index (κ2) is 3.86. The molecule has 2 heterocycles. The third-order valence-corrected chi connectivity index (χ3v) is 3.83. The summed E-state index contributed by atoms with van der Waals surface area (Å²) in [7, 11) is 0. The highest BCUT2D eigenvalue weighted by Gasteiger charge is 2.26. The lowest BCUT2D eigenvalue weighted by Gasteiger charge is -2.11. The first-order chi connectivity index (χ1) is 7.74. The maximum absolute atomic E-state index is 4.67. The monoisotopic (exact) mass is 279 g/mol. The van der Waals surface area contributed by atoms with E-state index in [1.165, 1.54) is 6.42 Å². The number of fused-ring (bicyclic) bond motifs is 1. The Hall–Kier alpha value is -0.870. The van der Waals surface area contributed by atoms with Crippen LogP contribution < -0.4 is 5.32 Å². The number of H-pyrrole nitrogens is 1. The van der Waals surface area contributed by atoms with E-state index in [4.69, 9.17) is 0 Å². The predicted molar refractivity (Wildman–Crippen MR) is 68.6 cm³/mol. The summed E-state index contributed by atoms with van der Waals surface area (Å²) < 4.78 is 1.09. The molecule has 2 aromatic rings. The number of aromatic nitrogens is 2. The zero-order valence-electron chi connectivity index (χ0n) is 9.13. The van der Waals surface area contributed by atoms with Gasteiger partial charge in [0.2, 0.25) is 0 Å². The number of nitrogens with one attached hydrogen (secondary N) is 2. The van der Waals surface area contributed by atoms with Gasteiger partial charge in [0.1, 0.15) is 5.82 Å². The third kappa shape index (κ3) is 1.66. The number of imidazole rings is 1. The van der Waals surface area contributed by atoms with Crippen molar-refractivity contribution < 1.29 is 0 Å². The third-order valence-electron chi connectivity index (χ3n) is 3.34. The molecule has 0 amide bonds. The minimum Gasteiger partial charge on any atom is -0.342 e. The Kier molecular flexibility index (Phi) is 2.48. The lowest BCUT2D eigenvalue weighted by atomic mass is 10.0. The van der Waals surface area contributed by atoms with Gasteiger partial charge in [-0.25, -0.2) is 4.98 Å². The molecule has 1 aliphatic rings. The minimum absolute atomic E-state index is 0.518. The summed E-state index contributed by atoms with van der Waals surface area (Å²) in [5.74, 6) is 1.64. The maximum Gasteiger partial charge on any atom is 0.111 e. The van der Waals surface area contributed by atoms with Crippen LogP contribution in [0.3, 0.4) is 0 Å². The summed E-state index contributed by atoms with van der Waals surface area (Å²) in [6, 6.07) is 6.68. The Bertz CT molecular complexity index is 520. The van der Waals surface area contributed by atoms with E-state index in [1.54, 1.807) is 0 Å². The van der Waals surface area contributed by atoms with Crippen LogP contribution in [0.5, 0.6) is 0 Å². The highest BCUT2D eigenvalue weighted by atomic mass is 79.9. The highest BCUT2D eigenvalue weighted by Crippen LogP contribution is 2.27. The van der Waals surface area contributed by atoms with Crippen molar-refractivity contribution in [2.75, 3.05) is 6.54 Å². The van der Waals surface area contributed by atoms with Crippen LogP contribution >= 0.6 is 15.9 Å². The van der Waals surface area contributed by atoms with Gasteiger partial charge in [-0.05, 0) is 38.1 Å². The van der Waals surface area contributed by atoms with Gasteiger partial charge in [-0.1, -0.05) is 15.9 Å². The van der Waals surface area contributed by atoms with Crippen LogP contribution in [0.15, 0.2) is 22.7 Å². The molecular weight excluding hydrogens is 266 g/mol. The smallest absolute Gasteiger partial charge is 0.111 e. The lowest BCUT2D eigenvalue weighted by molar-refractivity contribution is 0.574. The second-order valence-electron chi connectivity index (χ2n) is 4.42. The van der Waals surface area contributed by atoms with Crippen molar-refractivity contribution in [1.82, 2.24) is 15.3 Å². The van der Waals surface area contributed by atoms with E-state index in [1.807, 2.05) is 12.1 Å². The van der Waals surface area contributed by atoms with Crippen LogP contribution in [0.2, 0.25) is 0 Å². The summed E-state index contributed by atoms with van der Waals surface area (Å²) in [6.45, 7) is 3.31. The van der Waals surface area contributed by atoms with E-state index >= 15 is 0 Å². The number of benzene rings is 1. The molecular formula is C12H14BrN3. The van der Waals surface area contributed by atoms with Crippen molar-refractivity contribution in [2.45, 2.75) is 25.3 Å². The molecule has 2 unspecified atom stereocenters. The van der Waals surface area contributed by atoms with E-state index < -0.39 is 0 Å². The maximum atomic E-state index is 4.67. The van der Waals surface area contributed by atoms with E-state index in [0.717, 1.165) is 27.9 Å². The van der Waals surface area contributed by atoms with Gasteiger partial charge in [0.15, 0.2) is 0 Å². The van der Waals surface area contributed by atoms with Crippen molar-refractivity contribution in [1.29, 1.82) is 0 Å². The summed E-state index contributed by atoms with van der Waals surface area (Å²) in [6.07, 6.45) is 1.17. The van der Waals surface area contributed by atoms with Crippen LogP contribution in [0.25, 0.3) is 11.0 Å². The molecule has 3 nitrogen and oxygen atoms in total. The Morgan fingerprint density at radius 2 is 2.31 bits per heavy atom. The first-order valence-corrected chi connectivity index (χ1v) is 6.42. The van der Waals surface area contributed by atoms with Gasteiger partial charge in [0.05, 0.1) is 11.0 Å². The second-order valence-corrected chi connectivity index (χ2v) is 5.34. The van der Waals surface area contributed by atoms with E-state index in [-0.39, 0.29) is 0 Å². The normalized spacial score (nSPS) is 25.4. The van der Waals surface area contributed by atoms with Crippen LogP contribution in [0.4, 0.5) is 0 Å². The van der Waals surface area contributed by atoms with Gasteiger partial charge in [-0.3, -0.25) is 0 Å². The van der Waals surface area contributed by atoms with Gasteiger partial charge in [0.25, 0.3) is 0 Å². The largest absolute Gasteiger partial charge is 0.342 e. The van der Waals surface area contributed by atoms with Gasteiger partial charge in [-0.2, -0.15) is 0 Å². The Labute approximate surface area is 103 Å². The summed E-state index contributed by atoms with van der Waals surface area (Å²) in [5, 5.41) is 3.45. The molecule has 0 bridgehead atoms. The molecule has 0 saturated carbocycles. The minimum atomic E-state index is 0.518. The first kappa shape index (κ1) is 10.3. The standard InChI is InChI=1S/C12H14BrN3/c1-7-9(4-5-14-7)12-15-10-3-2-8(13)6-11(10)16-12/h2-3,6-7,9,14H,4-5H2,1H3,(H,15,16). The molecule has 1 aromatic carbocycles. The first-order valence-electron chi connectivity index (χ1n) is 5.62. The van der Waals surface area contributed by atoms with E-state index in [0.29, 0.717) is 12.0 Å². The number of rotatable bonds is 1. The van der Waals surface area contributed by atoms with Crippen molar-refractivity contribution in [2.24, 2.45) is 0 Å². The number of aromatic amines is 1. The average Bonchev–Trinajstić information content (AvgIpc) is 2.82. The molecule has 16 heavy (non-hydrogen) atoms. The van der Waals surface area contributed by atoms with E-state index in [9.17, 15) is 0 Å². The number of nitrogens with zero attached hydrogens (tertiary/aromatic N) is 1. The van der Waals surface area contributed by atoms with Crippen LogP contribution in [0.1, 0.15) is 25.1 Å². The molecule has 2 atom stereocenters. The Morgan fingerprint density at radius 3 is 3.06 bits per heavy atom. The van der Waals surface area contributed by atoms with Crippen LogP contribution in [-0.4, -0.2) is 22.6 Å². The fourth-order valence-electron chi connectivity index (χ4n) is 2.41. The molecule has 0 aliphatic carbocycles. The molecule has 84 valence electrons. The van der Waals surface area contributed by atoms with Crippen LogP contribution in [0, 0.1) is 0 Å². The highest BCUT2D eigenvalue weighted by molar-refractivity contribution is 9.10. The molecule has 1 aliphatic heterocycles. The average molecular weight is 280 g/mol. The summed E-state index contributed by atoms with van der Waals surface area (Å²) in [5.41, 5.74) is 2.17. The molecule has 0 radical (unpaired) electrons. The van der Waals surface area contributed by atoms with Gasteiger partial charge in [0, 0.05) is 16.4 Å². The fraction of sp³-hybridized carbons (Fsp3) is 0.417. The van der Waals surface area contributed by atoms with Crippen molar-refractivity contribution in [3.05, 3.63) is 28.5 Å². The molecule has 3 rings (SSSR count). The molecule has 1 fully saturated rings. The molecule has 1 aromatic heterocycles. The molecule has 0 spiro atoms. The number of halogens is 1. The quantitative estimate of drug-likeness (QED) is 0.843. The van der Waals surface area contributed by atoms with E-state index in [2.05, 4.69) is 44.2 Å². The van der Waals surface area contributed by atoms with Gasteiger partial charge in [-0.15, -0.1) is 0 Å². The van der Waals surface area contributed by atoms with Gasteiger partial charge >= 0.3 is 0 Å². The topological polar surface area (TPSA) is 40.7 Å². The zero-order valence-corrected chi connectivity index (χ0v) is 10.7. The molecule has 4 heteroatoms. The van der Waals surface area contributed by atoms with Gasteiger partial charge < -0.3 is 10.3 Å². The lowest BCUT2D eigenvalue weighted by Crippen LogP contribution is -2.22. The molecule has 1 saturated heterocycles. The zero-order chi connectivity index (χ0) is 11.1. The van der Waals surface area contributed by atoms with Crippen molar-refractivity contribution in [3.8, 4) is 0 Å². The number of hydrogen-bond donors (Lipinski definition) is 2. The summed E-state index contributed by atoms with van der Waals surface area (Å²) >= 11 is 3.48.